The standard InChI is InChI=1S/C11H12N4O5/c1-6-14-9(15-20-6)5-13-11(18)12-4-7-2-3-8(19-7)10(16)17/h2-3H,4-5H2,1H3,(H,16,17)(H2,12,13,18). The fraction of sp³-hybridized carbons (Fsp3) is 0.273. The zero-order valence-electron chi connectivity index (χ0n) is 10.5. The molecule has 2 amide bonds. The lowest BCUT2D eigenvalue weighted by atomic mass is 10.4. The Morgan fingerprint density at radius 1 is 1.30 bits per heavy atom. The maximum Gasteiger partial charge on any atom is 0.371 e. The molecule has 0 aliphatic heterocycles. The van der Waals surface area contributed by atoms with Gasteiger partial charge in [-0.15, -0.1) is 0 Å². The molecule has 0 unspecified atom stereocenters. The number of rotatable bonds is 5. The summed E-state index contributed by atoms with van der Waals surface area (Å²) in [7, 11) is 0. The van der Waals surface area contributed by atoms with E-state index in [9.17, 15) is 9.59 Å². The van der Waals surface area contributed by atoms with Crippen molar-refractivity contribution in [3.63, 3.8) is 0 Å². The van der Waals surface area contributed by atoms with Crippen LogP contribution in [0.2, 0.25) is 0 Å². The summed E-state index contributed by atoms with van der Waals surface area (Å²) in [5, 5.41) is 17.3. The van der Waals surface area contributed by atoms with Crippen molar-refractivity contribution in [2.45, 2.75) is 20.0 Å². The Morgan fingerprint density at radius 3 is 2.65 bits per heavy atom. The summed E-state index contributed by atoms with van der Waals surface area (Å²) >= 11 is 0. The molecule has 0 saturated heterocycles. The minimum atomic E-state index is -1.16. The number of hydrogen-bond donors (Lipinski definition) is 3. The zero-order chi connectivity index (χ0) is 14.5. The van der Waals surface area contributed by atoms with Crippen LogP contribution in [0, 0.1) is 6.92 Å². The van der Waals surface area contributed by atoms with E-state index in [1.165, 1.54) is 12.1 Å². The average Bonchev–Trinajstić information content (AvgIpc) is 3.03. The van der Waals surface area contributed by atoms with Gasteiger partial charge in [-0.2, -0.15) is 4.98 Å². The third kappa shape index (κ3) is 3.57. The van der Waals surface area contributed by atoms with Gasteiger partial charge < -0.3 is 24.7 Å². The molecule has 0 spiro atoms. The largest absolute Gasteiger partial charge is 0.475 e. The maximum absolute atomic E-state index is 11.5. The minimum Gasteiger partial charge on any atom is -0.475 e. The molecule has 0 bridgehead atoms. The maximum atomic E-state index is 11.5. The van der Waals surface area contributed by atoms with Crippen molar-refractivity contribution in [3.05, 3.63) is 35.4 Å². The number of aromatic carboxylic acids is 1. The minimum absolute atomic E-state index is 0.0738. The lowest BCUT2D eigenvalue weighted by Crippen LogP contribution is -2.34. The number of carboxylic acids is 1. The van der Waals surface area contributed by atoms with Crippen LogP contribution in [0.25, 0.3) is 0 Å². The number of aryl methyl sites for hydroxylation is 1. The van der Waals surface area contributed by atoms with Gasteiger partial charge >= 0.3 is 12.0 Å². The number of nitrogens with zero attached hydrogens (tertiary/aromatic N) is 2. The monoisotopic (exact) mass is 280 g/mol. The van der Waals surface area contributed by atoms with Gasteiger partial charge in [-0.1, -0.05) is 5.16 Å². The van der Waals surface area contributed by atoms with E-state index < -0.39 is 12.0 Å². The predicted molar refractivity (Wildman–Crippen MR) is 63.8 cm³/mol. The van der Waals surface area contributed by atoms with E-state index in [4.69, 9.17) is 14.0 Å². The van der Waals surface area contributed by atoms with Gasteiger partial charge in [0.2, 0.25) is 11.7 Å². The summed E-state index contributed by atoms with van der Waals surface area (Å²) in [5.74, 6) is -0.214. The second-order valence-electron chi connectivity index (χ2n) is 3.84. The molecule has 2 rings (SSSR count). The van der Waals surface area contributed by atoms with Crippen LogP contribution in [0.5, 0.6) is 0 Å². The third-order valence-corrected chi connectivity index (χ3v) is 2.27. The normalized spacial score (nSPS) is 10.2. The van der Waals surface area contributed by atoms with Crippen LogP contribution in [0.15, 0.2) is 21.1 Å². The molecule has 2 aromatic rings. The molecular formula is C11H12N4O5. The highest BCUT2D eigenvalue weighted by Crippen LogP contribution is 2.07. The van der Waals surface area contributed by atoms with Gasteiger partial charge in [0.1, 0.15) is 5.76 Å². The number of carbonyl (C=O) groups is 2. The van der Waals surface area contributed by atoms with Crippen LogP contribution in [0.4, 0.5) is 4.79 Å². The first-order valence-corrected chi connectivity index (χ1v) is 5.67. The van der Waals surface area contributed by atoms with E-state index in [0.717, 1.165) is 0 Å². The van der Waals surface area contributed by atoms with E-state index in [2.05, 4.69) is 20.8 Å². The number of carbonyl (C=O) groups excluding carboxylic acids is 1. The van der Waals surface area contributed by atoms with Crippen LogP contribution in [0.3, 0.4) is 0 Å². The number of aromatic nitrogens is 2. The molecule has 106 valence electrons. The zero-order valence-corrected chi connectivity index (χ0v) is 10.5. The topological polar surface area (TPSA) is 130 Å². The van der Waals surface area contributed by atoms with Crippen molar-refractivity contribution in [3.8, 4) is 0 Å². The second-order valence-corrected chi connectivity index (χ2v) is 3.84. The molecule has 0 aromatic carbocycles. The number of urea groups is 1. The Labute approximate surface area is 113 Å². The molecule has 20 heavy (non-hydrogen) atoms. The molecule has 0 aliphatic rings. The number of furan rings is 1. The van der Waals surface area contributed by atoms with E-state index >= 15 is 0 Å². The van der Waals surface area contributed by atoms with Gasteiger partial charge in [-0.25, -0.2) is 9.59 Å². The molecule has 0 radical (unpaired) electrons. The predicted octanol–water partition coefficient (Wildman–Crippen LogP) is 0.669. The number of nitrogens with one attached hydrogen (secondary N) is 2. The second kappa shape index (κ2) is 5.87. The molecule has 9 heteroatoms. The molecule has 0 atom stereocenters. The summed E-state index contributed by atoms with van der Waals surface area (Å²) in [6, 6.07) is 2.34. The summed E-state index contributed by atoms with van der Waals surface area (Å²) in [4.78, 5) is 26.0. The van der Waals surface area contributed by atoms with Crippen molar-refractivity contribution >= 4 is 12.0 Å². The number of hydrogen-bond acceptors (Lipinski definition) is 6. The van der Waals surface area contributed by atoms with Crippen LogP contribution < -0.4 is 10.6 Å². The molecule has 0 saturated carbocycles. The van der Waals surface area contributed by atoms with E-state index in [1.54, 1.807) is 6.92 Å². The van der Waals surface area contributed by atoms with Gasteiger partial charge in [0, 0.05) is 6.92 Å². The Hall–Kier alpha value is -2.84. The molecule has 0 fully saturated rings. The van der Waals surface area contributed by atoms with Crippen LogP contribution >= 0.6 is 0 Å². The number of carboxylic acid groups (broad SMARTS) is 1. The van der Waals surface area contributed by atoms with Crippen LogP contribution in [-0.2, 0) is 13.1 Å². The quantitative estimate of drug-likeness (QED) is 0.733. The highest BCUT2D eigenvalue weighted by Gasteiger charge is 2.10. The molecule has 2 aromatic heterocycles. The average molecular weight is 280 g/mol. The first-order valence-electron chi connectivity index (χ1n) is 5.67. The van der Waals surface area contributed by atoms with Crippen molar-refractivity contribution in [1.82, 2.24) is 20.8 Å². The summed E-state index contributed by atoms with van der Waals surface area (Å²) < 4.78 is 9.73. The van der Waals surface area contributed by atoms with E-state index in [-0.39, 0.29) is 18.8 Å². The molecule has 2 heterocycles. The van der Waals surface area contributed by atoms with Crippen LogP contribution in [-0.4, -0.2) is 27.2 Å². The van der Waals surface area contributed by atoms with Crippen molar-refractivity contribution in [2.24, 2.45) is 0 Å². The van der Waals surface area contributed by atoms with Crippen molar-refractivity contribution < 1.29 is 23.6 Å². The lowest BCUT2D eigenvalue weighted by molar-refractivity contribution is 0.0660. The van der Waals surface area contributed by atoms with E-state index in [1.807, 2.05) is 0 Å². The Kier molecular flexibility index (Phi) is 3.99. The molecule has 9 nitrogen and oxygen atoms in total. The highest BCUT2D eigenvalue weighted by atomic mass is 16.5. The lowest BCUT2D eigenvalue weighted by Gasteiger charge is -2.03. The Morgan fingerprint density at radius 2 is 2.05 bits per heavy atom. The van der Waals surface area contributed by atoms with Crippen molar-refractivity contribution in [2.75, 3.05) is 0 Å². The van der Waals surface area contributed by atoms with E-state index in [0.29, 0.717) is 17.5 Å². The fourth-order valence-corrected chi connectivity index (χ4v) is 1.39. The third-order valence-electron chi connectivity index (χ3n) is 2.27. The van der Waals surface area contributed by atoms with Gasteiger partial charge in [-0.05, 0) is 12.1 Å². The molecule has 3 N–H and O–H groups in total. The molecular weight excluding hydrogens is 268 g/mol. The first kappa shape index (κ1) is 13.6. The summed E-state index contributed by atoms with van der Waals surface area (Å²) in [6.45, 7) is 1.85. The van der Waals surface area contributed by atoms with Gasteiger partial charge in [-0.3, -0.25) is 0 Å². The Balaban J connectivity index is 1.75. The number of amides is 2. The molecule has 0 aliphatic carbocycles. The van der Waals surface area contributed by atoms with Crippen molar-refractivity contribution in [1.29, 1.82) is 0 Å². The Bertz CT molecular complexity index is 618. The van der Waals surface area contributed by atoms with Gasteiger partial charge in [0.05, 0.1) is 13.1 Å². The van der Waals surface area contributed by atoms with Crippen LogP contribution in [0.1, 0.15) is 28.0 Å². The highest BCUT2D eigenvalue weighted by molar-refractivity contribution is 5.84. The van der Waals surface area contributed by atoms with Gasteiger partial charge in [0.15, 0.2) is 5.82 Å². The smallest absolute Gasteiger partial charge is 0.371 e. The summed E-state index contributed by atoms with van der Waals surface area (Å²) in [6.07, 6.45) is 0. The fourth-order valence-electron chi connectivity index (χ4n) is 1.39. The first-order chi connectivity index (χ1) is 9.54. The SMILES string of the molecule is Cc1nc(CNC(=O)NCc2ccc(C(=O)O)o2)no1. The van der Waals surface area contributed by atoms with Gasteiger partial charge in [0.25, 0.3) is 0 Å². The summed E-state index contributed by atoms with van der Waals surface area (Å²) in [5.41, 5.74) is 0.